The minimum Gasteiger partial charge on any atom is -0.396 e. The van der Waals surface area contributed by atoms with Gasteiger partial charge in [0.1, 0.15) is 0 Å². The van der Waals surface area contributed by atoms with Crippen molar-refractivity contribution in [3.8, 4) is 0 Å². The molecule has 0 saturated heterocycles. The van der Waals surface area contributed by atoms with Gasteiger partial charge in [0.2, 0.25) is 0 Å². The molecule has 3 heteroatoms. The van der Waals surface area contributed by atoms with Crippen molar-refractivity contribution in [2.75, 3.05) is 19.8 Å². The zero-order valence-electron chi connectivity index (χ0n) is 8.24. The normalized spacial score (nSPS) is 9.85. The monoisotopic (exact) mass is 188 g/mol. The highest BCUT2D eigenvalue weighted by molar-refractivity contribution is 4.88. The minimum absolute atomic E-state index is 0.156. The van der Waals surface area contributed by atoms with Crippen molar-refractivity contribution in [3.63, 3.8) is 0 Å². The van der Waals surface area contributed by atoms with Crippen molar-refractivity contribution >= 4 is 0 Å². The van der Waals surface area contributed by atoms with Gasteiger partial charge in [-0.2, -0.15) is 0 Å². The highest BCUT2D eigenvalue weighted by Gasteiger charge is 2.24. The topological polar surface area (TPSA) is 60.7 Å². The highest BCUT2D eigenvalue weighted by atomic mass is 16.3. The van der Waals surface area contributed by atoms with Gasteiger partial charge in [-0.25, -0.2) is 0 Å². The molecule has 13 heavy (non-hydrogen) atoms. The van der Waals surface area contributed by atoms with Gasteiger partial charge in [0, 0.05) is 5.41 Å². The largest absolute Gasteiger partial charge is 0.396 e. The number of rotatable bonds is 5. The van der Waals surface area contributed by atoms with Gasteiger partial charge in [0.15, 0.2) is 0 Å². The SMILES string of the molecule is C=CC=C.CCC(CO)(CO)CO. The van der Waals surface area contributed by atoms with Crippen LogP contribution in [0.25, 0.3) is 0 Å². The molecule has 0 rings (SSSR count). The van der Waals surface area contributed by atoms with E-state index < -0.39 is 5.41 Å². The number of allylic oxidation sites excluding steroid dienone is 2. The Labute approximate surface area is 80.0 Å². The predicted molar refractivity (Wildman–Crippen MR) is 54.4 cm³/mol. The van der Waals surface area contributed by atoms with E-state index in [1.165, 1.54) is 0 Å². The summed E-state index contributed by atoms with van der Waals surface area (Å²) in [6.45, 7) is 8.08. The molecule has 0 bridgehead atoms. The summed E-state index contributed by atoms with van der Waals surface area (Å²) in [5, 5.41) is 26.0. The summed E-state index contributed by atoms with van der Waals surface area (Å²) in [5.41, 5.74) is -0.667. The Morgan fingerprint density at radius 1 is 1.00 bits per heavy atom. The number of aliphatic hydroxyl groups excluding tert-OH is 3. The second-order valence-electron chi connectivity index (χ2n) is 2.80. The fourth-order valence-corrected chi connectivity index (χ4v) is 0.485. The molecule has 0 aliphatic carbocycles. The summed E-state index contributed by atoms with van der Waals surface area (Å²) >= 11 is 0. The van der Waals surface area contributed by atoms with Gasteiger partial charge in [-0.3, -0.25) is 0 Å². The maximum absolute atomic E-state index is 8.66. The second kappa shape index (κ2) is 9.45. The van der Waals surface area contributed by atoms with E-state index in [9.17, 15) is 0 Å². The number of hydrogen-bond acceptors (Lipinski definition) is 3. The second-order valence-corrected chi connectivity index (χ2v) is 2.80. The molecule has 3 nitrogen and oxygen atoms in total. The first-order valence-corrected chi connectivity index (χ1v) is 4.22. The van der Waals surface area contributed by atoms with Gasteiger partial charge in [0.05, 0.1) is 19.8 Å². The van der Waals surface area contributed by atoms with E-state index in [0.29, 0.717) is 6.42 Å². The molecule has 0 atom stereocenters. The van der Waals surface area contributed by atoms with E-state index >= 15 is 0 Å². The average molecular weight is 188 g/mol. The van der Waals surface area contributed by atoms with Crippen LogP contribution in [0.4, 0.5) is 0 Å². The van der Waals surface area contributed by atoms with Crippen LogP contribution in [0.15, 0.2) is 25.3 Å². The molecule has 0 heterocycles. The van der Waals surface area contributed by atoms with Crippen LogP contribution in [-0.4, -0.2) is 35.1 Å². The fourth-order valence-electron chi connectivity index (χ4n) is 0.485. The van der Waals surface area contributed by atoms with E-state index in [4.69, 9.17) is 15.3 Å². The molecule has 0 radical (unpaired) electrons. The van der Waals surface area contributed by atoms with Crippen molar-refractivity contribution in [1.29, 1.82) is 0 Å². The lowest BCUT2D eigenvalue weighted by Crippen LogP contribution is -2.32. The summed E-state index contributed by atoms with van der Waals surface area (Å²) in [4.78, 5) is 0. The van der Waals surface area contributed by atoms with E-state index in [1.54, 1.807) is 12.2 Å². The maximum atomic E-state index is 8.66. The molecular weight excluding hydrogens is 168 g/mol. The first-order chi connectivity index (χ1) is 6.16. The summed E-state index contributed by atoms with van der Waals surface area (Å²) < 4.78 is 0. The number of hydrogen-bond donors (Lipinski definition) is 3. The van der Waals surface area contributed by atoms with E-state index in [1.807, 2.05) is 6.92 Å². The highest BCUT2D eigenvalue weighted by Crippen LogP contribution is 2.18. The summed E-state index contributed by atoms with van der Waals surface area (Å²) in [6, 6.07) is 0. The Balaban J connectivity index is 0. The average Bonchev–Trinajstić information content (AvgIpc) is 2.23. The van der Waals surface area contributed by atoms with Crippen LogP contribution in [0.2, 0.25) is 0 Å². The van der Waals surface area contributed by atoms with Crippen LogP contribution in [0, 0.1) is 5.41 Å². The lowest BCUT2D eigenvalue weighted by Gasteiger charge is -2.24. The molecule has 0 unspecified atom stereocenters. The van der Waals surface area contributed by atoms with E-state index in [-0.39, 0.29) is 19.8 Å². The van der Waals surface area contributed by atoms with E-state index in [2.05, 4.69) is 13.2 Å². The van der Waals surface area contributed by atoms with Gasteiger partial charge < -0.3 is 15.3 Å². The lowest BCUT2D eigenvalue weighted by molar-refractivity contribution is 0.00304. The maximum Gasteiger partial charge on any atom is 0.0531 e. The van der Waals surface area contributed by atoms with Crippen molar-refractivity contribution in [3.05, 3.63) is 25.3 Å². The Morgan fingerprint density at radius 3 is 1.31 bits per heavy atom. The molecule has 0 amide bonds. The molecule has 3 N–H and O–H groups in total. The Morgan fingerprint density at radius 2 is 1.31 bits per heavy atom. The van der Waals surface area contributed by atoms with Crippen LogP contribution >= 0.6 is 0 Å². The lowest BCUT2D eigenvalue weighted by atomic mass is 9.88. The summed E-state index contributed by atoms with van der Waals surface area (Å²) in [5.74, 6) is 0. The van der Waals surface area contributed by atoms with Crippen LogP contribution in [-0.2, 0) is 0 Å². The van der Waals surface area contributed by atoms with Crippen molar-refractivity contribution < 1.29 is 15.3 Å². The van der Waals surface area contributed by atoms with Crippen LogP contribution in [0.5, 0.6) is 0 Å². The summed E-state index contributed by atoms with van der Waals surface area (Å²) in [6.07, 6.45) is 3.87. The molecule has 0 fully saturated rings. The molecule has 0 aromatic carbocycles. The van der Waals surface area contributed by atoms with Gasteiger partial charge in [-0.05, 0) is 6.42 Å². The molecular formula is C10H20O3. The smallest absolute Gasteiger partial charge is 0.0531 e. The van der Waals surface area contributed by atoms with Gasteiger partial charge in [-0.1, -0.05) is 32.2 Å². The fraction of sp³-hybridized carbons (Fsp3) is 0.600. The van der Waals surface area contributed by atoms with Crippen LogP contribution in [0.3, 0.4) is 0 Å². The molecule has 78 valence electrons. The van der Waals surface area contributed by atoms with Gasteiger partial charge >= 0.3 is 0 Å². The van der Waals surface area contributed by atoms with Crippen LogP contribution in [0.1, 0.15) is 13.3 Å². The predicted octanol–water partition coefficient (Wildman–Crippen LogP) is 0.718. The minimum atomic E-state index is -0.667. The molecule has 0 aliphatic rings. The van der Waals surface area contributed by atoms with Gasteiger partial charge in [-0.15, -0.1) is 0 Å². The zero-order chi connectivity index (χ0) is 10.7. The summed E-state index contributed by atoms with van der Waals surface area (Å²) in [7, 11) is 0. The Bertz CT molecular complexity index is 105. The van der Waals surface area contributed by atoms with Crippen LogP contribution < -0.4 is 0 Å². The zero-order valence-corrected chi connectivity index (χ0v) is 8.24. The third-order valence-corrected chi connectivity index (χ3v) is 1.92. The van der Waals surface area contributed by atoms with E-state index in [0.717, 1.165) is 0 Å². The third kappa shape index (κ3) is 6.51. The molecule has 0 saturated carbocycles. The molecule has 0 aromatic heterocycles. The third-order valence-electron chi connectivity index (χ3n) is 1.92. The molecule has 0 aliphatic heterocycles. The van der Waals surface area contributed by atoms with Crippen molar-refractivity contribution in [2.45, 2.75) is 13.3 Å². The van der Waals surface area contributed by atoms with Crippen molar-refractivity contribution in [2.24, 2.45) is 5.41 Å². The first kappa shape index (κ1) is 14.9. The number of aliphatic hydroxyl groups is 3. The Hall–Kier alpha value is -0.640. The Kier molecular flexibility index (Phi) is 10.8. The quantitative estimate of drug-likeness (QED) is 0.557. The molecule has 0 aromatic rings. The standard InChI is InChI=1S/C6H14O3.C4H6/c1-2-6(3-7,4-8)5-9;1-3-4-2/h7-9H,2-5H2,1H3;3-4H,1-2H2. The molecule has 0 spiro atoms. The first-order valence-electron chi connectivity index (χ1n) is 4.22. The van der Waals surface area contributed by atoms with Gasteiger partial charge in [0.25, 0.3) is 0 Å². The van der Waals surface area contributed by atoms with Crippen molar-refractivity contribution in [1.82, 2.24) is 0 Å².